The summed E-state index contributed by atoms with van der Waals surface area (Å²) >= 11 is 0. The number of benzene rings is 1. The van der Waals surface area contributed by atoms with Crippen LogP contribution in [0.5, 0.6) is 0 Å². The number of nitrogens with two attached hydrogens (primary N) is 1. The second-order valence-corrected chi connectivity index (χ2v) is 4.18. The predicted octanol–water partition coefficient (Wildman–Crippen LogP) is 1.41. The van der Waals surface area contributed by atoms with Gasteiger partial charge in [-0.15, -0.1) is 0 Å². The van der Waals surface area contributed by atoms with E-state index < -0.39 is 0 Å². The van der Waals surface area contributed by atoms with Crippen molar-refractivity contribution in [3.05, 3.63) is 54.1 Å². The van der Waals surface area contributed by atoms with Crippen LogP contribution in [0.2, 0.25) is 0 Å². The van der Waals surface area contributed by atoms with E-state index in [-0.39, 0.29) is 6.04 Å². The highest BCUT2D eigenvalue weighted by Gasteiger charge is 2.13. The highest BCUT2D eigenvalue weighted by Crippen LogP contribution is 2.17. The first-order chi connectivity index (χ1) is 8.74. The molecule has 1 unspecified atom stereocenters. The molecule has 5 nitrogen and oxygen atoms in total. The number of aryl methyl sites for hydroxylation is 1. The maximum Gasteiger partial charge on any atom is 0.0934 e. The van der Waals surface area contributed by atoms with Crippen molar-refractivity contribution in [3.8, 4) is 0 Å². The highest BCUT2D eigenvalue weighted by atomic mass is 15.3. The zero-order valence-electron chi connectivity index (χ0n) is 9.99. The molecule has 0 aliphatic carbocycles. The average molecular weight is 239 g/mol. The molecular formula is C13H13N5. The van der Waals surface area contributed by atoms with Crippen molar-refractivity contribution in [1.82, 2.24) is 19.7 Å². The van der Waals surface area contributed by atoms with E-state index in [1.54, 1.807) is 10.9 Å². The Bertz CT molecular complexity index is 688. The Morgan fingerprint density at radius 3 is 2.61 bits per heavy atom. The van der Waals surface area contributed by atoms with Gasteiger partial charge in [-0.2, -0.15) is 5.10 Å². The molecule has 2 N–H and O–H groups in total. The van der Waals surface area contributed by atoms with E-state index >= 15 is 0 Å². The van der Waals surface area contributed by atoms with Crippen LogP contribution in [0.15, 0.2) is 42.7 Å². The standard InChI is InChI=1S/C13H13N5/c1-18-7-6-11(17-18)13(14)12-8-15-9-4-2-3-5-10(9)16-12/h2-8,13H,14H2,1H3. The van der Waals surface area contributed by atoms with Gasteiger partial charge in [-0.25, -0.2) is 4.98 Å². The minimum Gasteiger partial charge on any atom is -0.318 e. The Labute approximate surface area is 104 Å². The largest absolute Gasteiger partial charge is 0.318 e. The SMILES string of the molecule is Cn1ccc(C(N)c2cnc3ccccc3n2)n1. The minimum absolute atomic E-state index is 0.344. The summed E-state index contributed by atoms with van der Waals surface area (Å²) in [6, 6.07) is 9.28. The van der Waals surface area contributed by atoms with E-state index in [1.165, 1.54) is 0 Å². The molecule has 0 aliphatic rings. The van der Waals surface area contributed by atoms with E-state index in [0.29, 0.717) is 0 Å². The van der Waals surface area contributed by atoms with Crippen LogP contribution in [-0.2, 0) is 7.05 Å². The summed E-state index contributed by atoms with van der Waals surface area (Å²) in [5.74, 6) is 0. The first kappa shape index (κ1) is 10.9. The van der Waals surface area contributed by atoms with Crippen LogP contribution in [-0.4, -0.2) is 19.7 Å². The summed E-state index contributed by atoms with van der Waals surface area (Å²) in [7, 11) is 1.86. The molecule has 1 aromatic carbocycles. The van der Waals surface area contributed by atoms with Crippen LogP contribution in [0, 0.1) is 0 Å². The Morgan fingerprint density at radius 1 is 1.11 bits per heavy atom. The van der Waals surface area contributed by atoms with E-state index in [2.05, 4.69) is 15.1 Å². The van der Waals surface area contributed by atoms with E-state index in [0.717, 1.165) is 22.4 Å². The lowest BCUT2D eigenvalue weighted by atomic mass is 10.1. The fraction of sp³-hybridized carbons (Fsp3) is 0.154. The molecule has 0 radical (unpaired) electrons. The van der Waals surface area contributed by atoms with Crippen molar-refractivity contribution < 1.29 is 0 Å². The topological polar surface area (TPSA) is 69.6 Å². The zero-order valence-corrected chi connectivity index (χ0v) is 9.99. The van der Waals surface area contributed by atoms with Crippen LogP contribution in [0.1, 0.15) is 17.4 Å². The molecule has 2 heterocycles. The lowest BCUT2D eigenvalue weighted by molar-refractivity contribution is 0.707. The van der Waals surface area contributed by atoms with Gasteiger partial charge in [0.05, 0.1) is 34.7 Å². The van der Waals surface area contributed by atoms with E-state index in [4.69, 9.17) is 5.73 Å². The number of para-hydroxylation sites is 2. The van der Waals surface area contributed by atoms with E-state index in [9.17, 15) is 0 Å². The molecule has 3 aromatic rings. The van der Waals surface area contributed by atoms with Crippen molar-refractivity contribution in [2.45, 2.75) is 6.04 Å². The normalized spacial score (nSPS) is 12.8. The summed E-state index contributed by atoms with van der Waals surface area (Å²) < 4.78 is 1.73. The maximum atomic E-state index is 6.14. The smallest absolute Gasteiger partial charge is 0.0934 e. The van der Waals surface area contributed by atoms with Crippen LogP contribution in [0.4, 0.5) is 0 Å². The summed E-state index contributed by atoms with van der Waals surface area (Å²) in [6.45, 7) is 0. The number of nitrogens with zero attached hydrogens (tertiary/aromatic N) is 4. The second-order valence-electron chi connectivity index (χ2n) is 4.18. The third-order valence-electron chi connectivity index (χ3n) is 2.84. The van der Waals surface area contributed by atoms with Crippen LogP contribution >= 0.6 is 0 Å². The maximum absolute atomic E-state index is 6.14. The molecule has 0 amide bonds. The fourth-order valence-corrected chi connectivity index (χ4v) is 1.87. The van der Waals surface area contributed by atoms with Crippen molar-refractivity contribution in [3.63, 3.8) is 0 Å². The molecule has 3 rings (SSSR count). The molecule has 1 atom stereocenters. The molecule has 0 saturated carbocycles. The number of rotatable bonds is 2. The van der Waals surface area contributed by atoms with Crippen molar-refractivity contribution in [2.24, 2.45) is 12.8 Å². The van der Waals surface area contributed by atoms with Gasteiger partial charge >= 0.3 is 0 Å². The van der Waals surface area contributed by atoms with E-state index in [1.807, 2.05) is 43.6 Å². The first-order valence-corrected chi connectivity index (χ1v) is 5.71. The van der Waals surface area contributed by atoms with Gasteiger partial charge in [0, 0.05) is 13.2 Å². The molecule has 0 spiro atoms. The summed E-state index contributed by atoms with van der Waals surface area (Å²) in [5, 5.41) is 4.29. The van der Waals surface area contributed by atoms with Gasteiger partial charge in [0.15, 0.2) is 0 Å². The van der Waals surface area contributed by atoms with Crippen molar-refractivity contribution in [1.29, 1.82) is 0 Å². The van der Waals surface area contributed by atoms with Crippen molar-refractivity contribution in [2.75, 3.05) is 0 Å². The molecule has 0 bridgehead atoms. The fourth-order valence-electron chi connectivity index (χ4n) is 1.87. The Balaban J connectivity index is 2.03. The molecule has 90 valence electrons. The molecule has 18 heavy (non-hydrogen) atoms. The van der Waals surface area contributed by atoms with Crippen LogP contribution in [0.3, 0.4) is 0 Å². The van der Waals surface area contributed by atoms with Gasteiger partial charge in [-0.1, -0.05) is 12.1 Å². The van der Waals surface area contributed by atoms with Crippen LogP contribution in [0.25, 0.3) is 11.0 Å². The van der Waals surface area contributed by atoms with Gasteiger partial charge in [-0.3, -0.25) is 9.67 Å². The van der Waals surface area contributed by atoms with Gasteiger partial charge in [-0.05, 0) is 18.2 Å². The molecule has 0 saturated heterocycles. The van der Waals surface area contributed by atoms with Gasteiger partial charge < -0.3 is 5.73 Å². The Morgan fingerprint density at radius 2 is 1.89 bits per heavy atom. The van der Waals surface area contributed by atoms with Gasteiger partial charge in [0.1, 0.15) is 0 Å². The number of fused-ring (bicyclic) bond motifs is 1. The molecule has 0 aliphatic heterocycles. The highest BCUT2D eigenvalue weighted by molar-refractivity contribution is 5.73. The summed E-state index contributed by atoms with van der Waals surface area (Å²) in [5.41, 5.74) is 9.38. The molecular weight excluding hydrogens is 226 g/mol. The lowest BCUT2D eigenvalue weighted by Gasteiger charge is -2.08. The monoisotopic (exact) mass is 239 g/mol. The number of aromatic nitrogens is 4. The average Bonchev–Trinajstić information content (AvgIpc) is 2.84. The van der Waals surface area contributed by atoms with Gasteiger partial charge in [0.2, 0.25) is 0 Å². The Kier molecular flexibility index (Phi) is 2.53. The predicted molar refractivity (Wildman–Crippen MR) is 68.8 cm³/mol. The molecule has 5 heteroatoms. The quantitative estimate of drug-likeness (QED) is 0.734. The third-order valence-corrected chi connectivity index (χ3v) is 2.84. The Hall–Kier alpha value is -2.27. The minimum atomic E-state index is -0.344. The molecule has 0 fully saturated rings. The lowest BCUT2D eigenvalue weighted by Crippen LogP contribution is -2.15. The number of hydrogen-bond donors (Lipinski definition) is 1. The number of hydrogen-bond acceptors (Lipinski definition) is 4. The van der Waals surface area contributed by atoms with Gasteiger partial charge in [0.25, 0.3) is 0 Å². The first-order valence-electron chi connectivity index (χ1n) is 5.71. The second kappa shape index (κ2) is 4.19. The molecule has 2 aromatic heterocycles. The van der Waals surface area contributed by atoms with Crippen LogP contribution < -0.4 is 5.73 Å². The summed E-state index contributed by atoms with van der Waals surface area (Å²) in [4.78, 5) is 8.88. The zero-order chi connectivity index (χ0) is 12.5. The summed E-state index contributed by atoms with van der Waals surface area (Å²) in [6.07, 6.45) is 3.57. The third kappa shape index (κ3) is 1.84. The van der Waals surface area contributed by atoms with Crippen molar-refractivity contribution >= 4 is 11.0 Å².